The minimum absolute atomic E-state index is 0.172. The first-order valence-corrected chi connectivity index (χ1v) is 7.02. The summed E-state index contributed by atoms with van der Waals surface area (Å²) in [6, 6.07) is 0. The number of carbonyl (C=O) groups excluding carboxylic acids is 1. The van der Waals surface area contributed by atoms with E-state index in [1.807, 2.05) is 0 Å². The second-order valence-corrected chi connectivity index (χ2v) is 6.50. The third kappa shape index (κ3) is 3.88. The Kier molecular flexibility index (Phi) is 4.94. The standard InChI is InChI=1S/C9H19N3O4S/c1-5-9(3,8(10)12-14)11-7(13)6(2)17(4,15)16/h6,14H,5H2,1-4H3,(H2,10,12)(H,11,13). The van der Waals surface area contributed by atoms with Gasteiger partial charge in [0.2, 0.25) is 5.91 Å². The zero-order valence-electron chi connectivity index (χ0n) is 10.4. The van der Waals surface area contributed by atoms with Crippen molar-refractivity contribution in [2.45, 2.75) is 38.0 Å². The zero-order chi connectivity index (χ0) is 13.9. The zero-order valence-corrected chi connectivity index (χ0v) is 11.2. The predicted molar refractivity (Wildman–Crippen MR) is 64.6 cm³/mol. The molecule has 0 rings (SSSR count). The van der Waals surface area contributed by atoms with Crippen LogP contribution in [0.15, 0.2) is 5.16 Å². The van der Waals surface area contributed by atoms with Gasteiger partial charge >= 0.3 is 0 Å². The fraction of sp³-hybridized carbons (Fsp3) is 0.778. The lowest BCUT2D eigenvalue weighted by molar-refractivity contribution is -0.121. The molecule has 0 saturated heterocycles. The van der Waals surface area contributed by atoms with Gasteiger partial charge in [-0.1, -0.05) is 12.1 Å². The molecular weight excluding hydrogens is 246 g/mol. The van der Waals surface area contributed by atoms with E-state index in [9.17, 15) is 13.2 Å². The molecule has 4 N–H and O–H groups in total. The highest BCUT2D eigenvalue weighted by molar-refractivity contribution is 7.92. The first-order chi connectivity index (χ1) is 7.58. The third-order valence-electron chi connectivity index (χ3n) is 2.79. The van der Waals surface area contributed by atoms with Crippen LogP contribution in [0.5, 0.6) is 0 Å². The molecule has 0 aromatic heterocycles. The number of oxime groups is 1. The van der Waals surface area contributed by atoms with Gasteiger partial charge in [-0.05, 0) is 20.3 Å². The Morgan fingerprint density at radius 1 is 1.59 bits per heavy atom. The molecule has 0 aliphatic heterocycles. The van der Waals surface area contributed by atoms with Gasteiger partial charge in [0.1, 0.15) is 5.25 Å². The fourth-order valence-corrected chi connectivity index (χ4v) is 1.46. The van der Waals surface area contributed by atoms with Gasteiger partial charge in [-0.3, -0.25) is 4.79 Å². The molecule has 2 atom stereocenters. The van der Waals surface area contributed by atoms with Crippen LogP contribution in [0.1, 0.15) is 27.2 Å². The Morgan fingerprint density at radius 3 is 2.35 bits per heavy atom. The number of nitrogens with two attached hydrogens (primary N) is 1. The summed E-state index contributed by atoms with van der Waals surface area (Å²) in [6.45, 7) is 4.56. The first-order valence-electron chi connectivity index (χ1n) is 5.07. The highest BCUT2D eigenvalue weighted by atomic mass is 32.2. The number of hydrogen-bond acceptors (Lipinski definition) is 5. The Bertz CT molecular complexity index is 418. The van der Waals surface area contributed by atoms with Gasteiger partial charge in [0.25, 0.3) is 0 Å². The lowest BCUT2D eigenvalue weighted by Crippen LogP contribution is -2.57. The molecule has 0 aromatic rings. The normalized spacial score (nSPS) is 18.2. The summed E-state index contributed by atoms with van der Waals surface area (Å²) in [5.74, 6) is -0.850. The van der Waals surface area contributed by atoms with Gasteiger partial charge in [0.15, 0.2) is 15.7 Å². The summed E-state index contributed by atoms with van der Waals surface area (Å²) in [6.07, 6.45) is 1.34. The van der Waals surface area contributed by atoms with Crippen LogP contribution in [0.3, 0.4) is 0 Å². The molecule has 0 fully saturated rings. The second kappa shape index (κ2) is 5.35. The van der Waals surface area contributed by atoms with Gasteiger partial charge in [-0.15, -0.1) is 0 Å². The minimum Gasteiger partial charge on any atom is -0.409 e. The second-order valence-electron chi connectivity index (χ2n) is 4.13. The Labute approximate surface area is 101 Å². The number of hydrogen-bond donors (Lipinski definition) is 3. The number of amidine groups is 1. The van der Waals surface area contributed by atoms with E-state index < -0.39 is 26.5 Å². The molecule has 0 heterocycles. The first kappa shape index (κ1) is 15.7. The molecule has 17 heavy (non-hydrogen) atoms. The van der Waals surface area contributed by atoms with Crippen molar-refractivity contribution in [2.75, 3.05) is 6.26 Å². The van der Waals surface area contributed by atoms with Crippen LogP contribution < -0.4 is 11.1 Å². The summed E-state index contributed by atoms with van der Waals surface area (Å²) < 4.78 is 22.4. The number of rotatable bonds is 5. The third-order valence-corrected chi connectivity index (χ3v) is 4.29. The van der Waals surface area contributed by atoms with Crippen LogP contribution in [-0.4, -0.2) is 42.4 Å². The minimum atomic E-state index is -3.47. The number of nitrogens with zero attached hydrogens (tertiary/aromatic N) is 1. The van der Waals surface area contributed by atoms with E-state index in [2.05, 4.69) is 10.5 Å². The van der Waals surface area contributed by atoms with Gasteiger partial charge in [0.05, 0.1) is 5.54 Å². The van der Waals surface area contributed by atoms with Gasteiger partial charge in [0, 0.05) is 6.26 Å². The van der Waals surface area contributed by atoms with E-state index in [1.165, 1.54) is 6.92 Å². The number of amides is 1. The maximum atomic E-state index is 11.7. The van der Waals surface area contributed by atoms with Crippen molar-refractivity contribution in [3.63, 3.8) is 0 Å². The van der Waals surface area contributed by atoms with Gasteiger partial charge in [-0.25, -0.2) is 8.42 Å². The van der Waals surface area contributed by atoms with E-state index in [0.29, 0.717) is 6.42 Å². The van der Waals surface area contributed by atoms with Gasteiger partial charge < -0.3 is 16.3 Å². The average molecular weight is 265 g/mol. The van der Waals surface area contributed by atoms with E-state index in [4.69, 9.17) is 10.9 Å². The number of nitrogens with one attached hydrogen (secondary N) is 1. The van der Waals surface area contributed by atoms with Crippen molar-refractivity contribution < 1.29 is 18.4 Å². The van der Waals surface area contributed by atoms with Crippen molar-refractivity contribution in [1.82, 2.24) is 5.32 Å². The van der Waals surface area contributed by atoms with Crippen LogP contribution in [-0.2, 0) is 14.6 Å². The molecule has 0 saturated carbocycles. The van der Waals surface area contributed by atoms with Crippen LogP contribution in [0.4, 0.5) is 0 Å². The topological polar surface area (TPSA) is 122 Å². The van der Waals surface area contributed by atoms with Crippen LogP contribution >= 0.6 is 0 Å². The monoisotopic (exact) mass is 265 g/mol. The summed E-state index contributed by atoms with van der Waals surface area (Å²) in [5.41, 5.74) is 4.39. The summed E-state index contributed by atoms with van der Waals surface area (Å²) in [7, 11) is -3.47. The Hall–Kier alpha value is -1.31. The van der Waals surface area contributed by atoms with Crippen molar-refractivity contribution in [1.29, 1.82) is 0 Å². The summed E-state index contributed by atoms with van der Waals surface area (Å²) in [5, 5.41) is 12.7. The SMILES string of the molecule is CCC(C)(NC(=O)C(C)S(C)(=O)=O)C(N)=NO. The van der Waals surface area contributed by atoms with E-state index >= 15 is 0 Å². The van der Waals surface area contributed by atoms with Crippen LogP contribution in [0.25, 0.3) is 0 Å². The maximum absolute atomic E-state index is 11.7. The molecule has 2 unspecified atom stereocenters. The number of carbonyl (C=O) groups is 1. The van der Waals surface area contributed by atoms with Crippen LogP contribution in [0, 0.1) is 0 Å². The highest BCUT2D eigenvalue weighted by Crippen LogP contribution is 2.11. The largest absolute Gasteiger partial charge is 0.409 e. The average Bonchev–Trinajstić information content (AvgIpc) is 2.25. The maximum Gasteiger partial charge on any atom is 0.238 e. The predicted octanol–water partition coefficient (Wildman–Crippen LogP) is -0.549. The van der Waals surface area contributed by atoms with Crippen molar-refractivity contribution in [3.05, 3.63) is 0 Å². The Morgan fingerprint density at radius 2 is 2.06 bits per heavy atom. The smallest absolute Gasteiger partial charge is 0.238 e. The number of sulfone groups is 1. The summed E-state index contributed by atoms with van der Waals surface area (Å²) >= 11 is 0. The summed E-state index contributed by atoms with van der Waals surface area (Å²) in [4.78, 5) is 11.7. The lowest BCUT2D eigenvalue weighted by atomic mass is 9.97. The molecule has 0 radical (unpaired) electrons. The quantitative estimate of drug-likeness (QED) is 0.266. The molecule has 1 amide bonds. The lowest BCUT2D eigenvalue weighted by Gasteiger charge is -2.29. The molecule has 0 aliphatic carbocycles. The van der Waals surface area contributed by atoms with Gasteiger partial charge in [-0.2, -0.15) is 0 Å². The molecule has 0 aliphatic rings. The molecule has 8 heteroatoms. The Balaban J connectivity index is 5.01. The van der Waals surface area contributed by atoms with Crippen molar-refractivity contribution in [3.8, 4) is 0 Å². The van der Waals surface area contributed by atoms with E-state index in [1.54, 1.807) is 13.8 Å². The van der Waals surface area contributed by atoms with Crippen LogP contribution in [0.2, 0.25) is 0 Å². The van der Waals surface area contributed by atoms with E-state index in [-0.39, 0.29) is 5.84 Å². The molecule has 100 valence electrons. The fourth-order valence-electron chi connectivity index (χ4n) is 1.01. The van der Waals surface area contributed by atoms with Crippen molar-refractivity contribution in [2.24, 2.45) is 10.9 Å². The van der Waals surface area contributed by atoms with Crippen molar-refractivity contribution >= 4 is 21.6 Å². The molecule has 0 spiro atoms. The van der Waals surface area contributed by atoms with E-state index in [0.717, 1.165) is 6.26 Å². The highest BCUT2D eigenvalue weighted by Gasteiger charge is 2.33. The molecular formula is C9H19N3O4S. The molecule has 7 nitrogen and oxygen atoms in total. The molecule has 0 bridgehead atoms. The molecule has 0 aromatic carbocycles.